The van der Waals surface area contributed by atoms with Crippen LogP contribution in [0.1, 0.15) is 21.7 Å². The van der Waals surface area contributed by atoms with E-state index in [2.05, 4.69) is 15.9 Å². The number of furan rings is 1. The smallest absolute Gasteiger partial charge is 0.196 e. The Kier molecular flexibility index (Phi) is 3.02. The molecular weight excluding hydrogens is 256 g/mol. The second-order valence-corrected chi connectivity index (χ2v) is 3.65. The van der Waals surface area contributed by atoms with Crippen molar-refractivity contribution in [3.63, 3.8) is 0 Å². The quantitative estimate of drug-likeness (QED) is 0.628. The molecule has 2 nitrogen and oxygen atoms in total. The minimum Gasteiger partial charge on any atom is -0.468 e. The van der Waals surface area contributed by atoms with Crippen LogP contribution in [0.25, 0.3) is 0 Å². The molecule has 0 spiro atoms. The van der Waals surface area contributed by atoms with Gasteiger partial charge in [-0.25, -0.2) is 0 Å². The lowest BCUT2D eigenvalue weighted by Gasteiger charge is -1.99. The first kappa shape index (κ1) is 10.2. The number of alkyl halides is 1. The van der Waals surface area contributed by atoms with E-state index in [9.17, 15) is 4.79 Å². The molecule has 0 N–H and O–H groups in total. The Bertz CT molecular complexity index is 459. The lowest BCUT2D eigenvalue weighted by molar-refractivity contribution is 0.103. The number of benzene rings is 1. The first-order chi connectivity index (χ1) is 7.33. The number of carbonyl (C=O) groups excluding carboxylic acids is 1. The molecule has 0 unspecified atom stereocenters. The maximum Gasteiger partial charge on any atom is 0.196 e. The second-order valence-electron chi connectivity index (χ2n) is 3.09. The van der Waals surface area contributed by atoms with Gasteiger partial charge in [0.05, 0.1) is 17.2 Å². The Balaban J connectivity index is 2.37. The highest BCUT2D eigenvalue weighted by Crippen LogP contribution is 2.18. The Labute approximate surface area is 96.0 Å². The van der Waals surface area contributed by atoms with Gasteiger partial charge in [0.15, 0.2) is 5.78 Å². The fraction of sp³-hybridized carbons (Fsp3) is 0.0833. The molecule has 3 heteroatoms. The van der Waals surface area contributed by atoms with Gasteiger partial charge in [-0.1, -0.05) is 46.3 Å². The Morgan fingerprint density at radius 3 is 2.60 bits per heavy atom. The van der Waals surface area contributed by atoms with E-state index in [1.54, 1.807) is 18.2 Å². The van der Waals surface area contributed by atoms with Gasteiger partial charge in [0, 0.05) is 5.56 Å². The normalized spacial score (nSPS) is 10.2. The standard InChI is InChI=1S/C12H9BrO2/c13-8-11-10(6-7-15-11)12(14)9-4-2-1-3-5-9/h1-7H,8H2. The van der Waals surface area contributed by atoms with Crippen LogP contribution in [0.2, 0.25) is 0 Å². The summed E-state index contributed by atoms with van der Waals surface area (Å²) < 4.78 is 5.19. The van der Waals surface area contributed by atoms with Crippen molar-refractivity contribution < 1.29 is 9.21 Å². The average Bonchev–Trinajstić information content (AvgIpc) is 2.77. The van der Waals surface area contributed by atoms with Crippen LogP contribution in [0.5, 0.6) is 0 Å². The summed E-state index contributed by atoms with van der Waals surface area (Å²) in [6.45, 7) is 0. The summed E-state index contributed by atoms with van der Waals surface area (Å²) in [5.41, 5.74) is 1.30. The van der Waals surface area contributed by atoms with Gasteiger partial charge in [-0.3, -0.25) is 4.79 Å². The zero-order valence-corrected chi connectivity index (χ0v) is 9.53. The molecule has 15 heavy (non-hydrogen) atoms. The first-order valence-electron chi connectivity index (χ1n) is 4.55. The minimum atomic E-state index is -0.00111. The number of hydrogen-bond donors (Lipinski definition) is 0. The zero-order chi connectivity index (χ0) is 10.7. The highest BCUT2D eigenvalue weighted by atomic mass is 79.9. The average molecular weight is 265 g/mol. The van der Waals surface area contributed by atoms with E-state index >= 15 is 0 Å². The lowest BCUT2D eigenvalue weighted by atomic mass is 10.0. The topological polar surface area (TPSA) is 30.2 Å². The molecule has 2 aromatic rings. The molecule has 0 bridgehead atoms. The van der Waals surface area contributed by atoms with E-state index in [1.165, 1.54) is 6.26 Å². The molecule has 0 fully saturated rings. The third-order valence-corrected chi connectivity index (χ3v) is 2.66. The number of hydrogen-bond acceptors (Lipinski definition) is 2. The van der Waals surface area contributed by atoms with Crippen LogP contribution < -0.4 is 0 Å². The molecule has 0 atom stereocenters. The van der Waals surface area contributed by atoms with Gasteiger partial charge in [0.25, 0.3) is 0 Å². The molecule has 0 amide bonds. The van der Waals surface area contributed by atoms with Crippen LogP contribution in [0.4, 0.5) is 0 Å². The van der Waals surface area contributed by atoms with Crippen molar-refractivity contribution in [1.29, 1.82) is 0 Å². The molecule has 1 heterocycles. The third kappa shape index (κ3) is 2.02. The Hall–Kier alpha value is -1.35. The molecule has 1 aromatic heterocycles. The fourth-order valence-electron chi connectivity index (χ4n) is 1.39. The molecule has 2 rings (SSSR count). The lowest BCUT2D eigenvalue weighted by Crippen LogP contribution is -2.01. The third-order valence-electron chi connectivity index (χ3n) is 2.15. The molecule has 0 aliphatic heterocycles. The molecule has 0 saturated heterocycles. The van der Waals surface area contributed by atoms with Crippen LogP contribution >= 0.6 is 15.9 Å². The molecule has 0 aliphatic rings. The Morgan fingerprint density at radius 1 is 1.20 bits per heavy atom. The summed E-state index contributed by atoms with van der Waals surface area (Å²) in [6.07, 6.45) is 1.53. The van der Waals surface area contributed by atoms with Crippen molar-refractivity contribution in [3.8, 4) is 0 Å². The predicted molar refractivity (Wildman–Crippen MR) is 61.2 cm³/mol. The van der Waals surface area contributed by atoms with E-state index in [0.29, 0.717) is 22.2 Å². The van der Waals surface area contributed by atoms with Crippen molar-refractivity contribution in [2.75, 3.05) is 0 Å². The summed E-state index contributed by atoms with van der Waals surface area (Å²) in [5, 5.41) is 0.550. The number of halogens is 1. The monoisotopic (exact) mass is 264 g/mol. The van der Waals surface area contributed by atoms with E-state index in [4.69, 9.17) is 4.42 Å². The van der Waals surface area contributed by atoms with Crippen LogP contribution in [0.15, 0.2) is 47.1 Å². The minimum absolute atomic E-state index is 0.00111. The summed E-state index contributed by atoms with van der Waals surface area (Å²) in [6, 6.07) is 10.9. The molecular formula is C12H9BrO2. The van der Waals surface area contributed by atoms with Gasteiger partial charge in [-0.05, 0) is 6.07 Å². The fourth-order valence-corrected chi connectivity index (χ4v) is 1.83. The van der Waals surface area contributed by atoms with Gasteiger partial charge in [0.2, 0.25) is 0 Å². The van der Waals surface area contributed by atoms with Crippen molar-refractivity contribution in [3.05, 3.63) is 59.5 Å². The van der Waals surface area contributed by atoms with Gasteiger partial charge in [0.1, 0.15) is 5.76 Å². The SMILES string of the molecule is O=C(c1ccccc1)c1ccoc1CBr. The van der Waals surface area contributed by atoms with Crippen molar-refractivity contribution >= 4 is 21.7 Å². The molecule has 0 aliphatic carbocycles. The van der Waals surface area contributed by atoms with Gasteiger partial charge < -0.3 is 4.42 Å². The summed E-state index contributed by atoms with van der Waals surface area (Å²) >= 11 is 3.28. The summed E-state index contributed by atoms with van der Waals surface area (Å²) in [5.74, 6) is 0.669. The van der Waals surface area contributed by atoms with E-state index in [-0.39, 0.29) is 5.78 Å². The molecule has 1 aromatic carbocycles. The molecule has 0 radical (unpaired) electrons. The summed E-state index contributed by atoms with van der Waals surface area (Å²) in [7, 11) is 0. The summed E-state index contributed by atoms with van der Waals surface area (Å²) in [4.78, 5) is 12.0. The number of carbonyl (C=O) groups is 1. The number of rotatable bonds is 3. The van der Waals surface area contributed by atoms with Gasteiger partial charge in [-0.15, -0.1) is 0 Å². The van der Waals surface area contributed by atoms with Crippen molar-refractivity contribution in [1.82, 2.24) is 0 Å². The highest BCUT2D eigenvalue weighted by Gasteiger charge is 2.14. The van der Waals surface area contributed by atoms with Gasteiger partial charge in [-0.2, -0.15) is 0 Å². The number of ketones is 1. The van der Waals surface area contributed by atoms with Crippen LogP contribution in [0.3, 0.4) is 0 Å². The van der Waals surface area contributed by atoms with E-state index in [1.807, 2.05) is 18.2 Å². The molecule has 0 saturated carbocycles. The predicted octanol–water partition coefficient (Wildman–Crippen LogP) is 3.41. The largest absolute Gasteiger partial charge is 0.468 e. The van der Waals surface area contributed by atoms with Crippen LogP contribution in [-0.2, 0) is 5.33 Å². The van der Waals surface area contributed by atoms with Crippen LogP contribution in [-0.4, -0.2) is 5.78 Å². The van der Waals surface area contributed by atoms with Crippen LogP contribution in [0, 0.1) is 0 Å². The highest BCUT2D eigenvalue weighted by molar-refractivity contribution is 9.08. The maximum absolute atomic E-state index is 12.0. The first-order valence-corrected chi connectivity index (χ1v) is 5.67. The second kappa shape index (κ2) is 4.45. The van der Waals surface area contributed by atoms with E-state index < -0.39 is 0 Å². The van der Waals surface area contributed by atoms with Crippen molar-refractivity contribution in [2.24, 2.45) is 0 Å². The van der Waals surface area contributed by atoms with Crippen molar-refractivity contribution in [2.45, 2.75) is 5.33 Å². The maximum atomic E-state index is 12.0. The molecule has 76 valence electrons. The zero-order valence-electron chi connectivity index (χ0n) is 7.94. The van der Waals surface area contributed by atoms with Gasteiger partial charge >= 0.3 is 0 Å². The Morgan fingerprint density at radius 2 is 1.93 bits per heavy atom. The van der Waals surface area contributed by atoms with E-state index in [0.717, 1.165) is 0 Å².